The van der Waals surface area contributed by atoms with Crippen molar-refractivity contribution in [2.45, 2.75) is 84.0 Å². The van der Waals surface area contributed by atoms with Crippen LogP contribution in [0.25, 0.3) is 0 Å². The number of ether oxygens (including phenoxy) is 1. The molecule has 2 aliphatic carbocycles. The molecular formula is C20H32O3. The average Bonchev–Trinajstić information content (AvgIpc) is 2.83. The number of hydrogen-bond acceptors (Lipinski definition) is 3. The van der Waals surface area contributed by atoms with Crippen molar-refractivity contribution < 1.29 is 14.6 Å². The van der Waals surface area contributed by atoms with Crippen LogP contribution in [0, 0.1) is 22.7 Å². The Kier molecular flexibility index (Phi) is 3.67. The van der Waals surface area contributed by atoms with Gasteiger partial charge in [0.2, 0.25) is 0 Å². The Hall–Kier alpha value is -0.670. The molecule has 1 saturated heterocycles. The van der Waals surface area contributed by atoms with Crippen molar-refractivity contribution in [2.24, 2.45) is 22.7 Å². The minimum Gasteiger partial charge on any atom is -0.383 e. The van der Waals surface area contributed by atoms with Crippen molar-refractivity contribution in [1.82, 2.24) is 0 Å². The number of carbonyl (C=O) groups excluding carboxylic acids is 1. The van der Waals surface area contributed by atoms with Gasteiger partial charge in [0, 0.05) is 17.8 Å². The molecule has 0 aromatic carbocycles. The number of Topliss-reactive ketones (excluding diaryl/α,β-unsaturated/α-hetero) is 1. The predicted octanol–water partition coefficient (Wildman–Crippen LogP) is 3.89. The van der Waals surface area contributed by atoms with Gasteiger partial charge >= 0.3 is 0 Å². The van der Waals surface area contributed by atoms with Crippen LogP contribution in [0.5, 0.6) is 0 Å². The van der Waals surface area contributed by atoms with Crippen LogP contribution in [-0.4, -0.2) is 28.2 Å². The third-order valence-electron chi connectivity index (χ3n) is 7.58. The van der Waals surface area contributed by atoms with Crippen molar-refractivity contribution in [3.63, 3.8) is 0 Å². The molecular weight excluding hydrogens is 288 g/mol. The highest BCUT2D eigenvalue weighted by Gasteiger charge is 2.66. The summed E-state index contributed by atoms with van der Waals surface area (Å²) in [5.41, 5.74) is -1.49. The molecule has 2 saturated carbocycles. The first-order valence-corrected chi connectivity index (χ1v) is 9.04. The van der Waals surface area contributed by atoms with Crippen molar-refractivity contribution in [1.29, 1.82) is 0 Å². The van der Waals surface area contributed by atoms with E-state index in [-0.39, 0.29) is 28.5 Å². The lowest BCUT2D eigenvalue weighted by atomic mass is 9.45. The quantitative estimate of drug-likeness (QED) is 0.785. The molecule has 0 spiro atoms. The fourth-order valence-corrected chi connectivity index (χ4v) is 5.96. The summed E-state index contributed by atoms with van der Waals surface area (Å²) in [5.74, 6) is 0.989. The molecule has 0 unspecified atom stereocenters. The molecule has 0 radical (unpaired) electrons. The molecule has 3 aliphatic rings. The summed E-state index contributed by atoms with van der Waals surface area (Å²) in [6.07, 6.45) is 5.71. The van der Waals surface area contributed by atoms with Crippen LogP contribution in [-0.2, 0) is 9.53 Å². The molecule has 0 amide bonds. The standard InChI is InChI=1S/C20H32O3/c1-7-18(4,22)16-12-14-19(5,23-16)11-8-13-17(2,3)10-9-15(21)20(13,14)6/h7,13-14,16,22H,1,8-12H2,2-6H3/t13-,14-,16-,18-,19+,20-/m0/s1. The zero-order valence-corrected chi connectivity index (χ0v) is 15.3. The van der Waals surface area contributed by atoms with Crippen LogP contribution in [0.3, 0.4) is 0 Å². The summed E-state index contributed by atoms with van der Waals surface area (Å²) in [7, 11) is 0. The zero-order valence-electron chi connectivity index (χ0n) is 15.3. The largest absolute Gasteiger partial charge is 0.383 e. The molecule has 3 fully saturated rings. The Morgan fingerprint density at radius 3 is 2.52 bits per heavy atom. The van der Waals surface area contributed by atoms with Crippen molar-refractivity contribution in [2.75, 3.05) is 0 Å². The average molecular weight is 320 g/mol. The minimum absolute atomic E-state index is 0.178. The molecule has 1 aliphatic heterocycles. The van der Waals surface area contributed by atoms with Gasteiger partial charge in [-0.3, -0.25) is 4.79 Å². The predicted molar refractivity (Wildman–Crippen MR) is 91.1 cm³/mol. The summed E-state index contributed by atoms with van der Waals surface area (Å²) in [6, 6.07) is 0. The van der Waals surface area contributed by atoms with E-state index in [1.807, 2.05) is 0 Å². The van der Waals surface area contributed by atoms with Gasteiger partial charge in [-0.15, -0.1) is 6.58 Å². The Morgan fingerprint density at radius 1 is 1.26 bits per heavy atom. The van der Waals surface area contributed by atoms with Crippen LogP contribution in [0.1, 0.15) is 66.7 Å². The molecule has 23 heavy (non-hydrogen) atoms. The molecule has 3 heteroatoms. The molecule has 0 bridgehead atoms. The van der Waals surface area contributed by atoms with E-state index in [2.05, 4.69) is 34.3 Å². The zero-order chi connectivity index (χ0) is 17.3. The molecule has 0 aromatic rings. The lowest BCUT2D eigenvalue weighted by molar-refractivity contribution is -0.178. The molecule has 3 nitrogen and oxygen atoms in total. The summed E-state index contributed by atoms with van der Waals surface area (Å²) in [5, 5.41) is 10.6. The second-order valence-corrected chi connectivity index (χ2v) is 9.42. The van der Waals surface area contributed by atoms with Crippen molar-refractivity contribution in [3.8, 4) is 0 Å². The maximum atomic E-state index is 13.0. The molecule has 1 N–H and O–H groups in total. The smallest absolute Gasteiger partial charge is 0.139 e. The van der Waals surface area contributed by atoms with Crippen LogP contribution in [0.15, 0.2) is 12.7 Å². The van der Waals surface area contributed by atoms with Crippen LogP contribution < -0.4 is 0 Å². The van der Waals surface area contributed by atoms with Crippen molar-refractivity contribution in [3.05, 3.63) is 12.7 Å². The molecule has 3 rings (SSSR count). The van der Waals surface area contributed by atoms with E-state index >= 15 is 0 Å². The first-order valence-electron chi connectivity index (χ1n) is 9.04. The van der Waals surface area contributed by atoms with Gasteiger partial charge in [-0.1, -0.05) is 26.8 Å². The lowest BCUT2D eigenvalue weighted by Gasteiger charge is -2.58. The van der Waals surface area contributed by atoms with E-state index in [0.29, 0.717) is 18.1 Å². The van der Waals surface area contributed by atoms with Gasteiger partial charge in [0.15, 0.2) is 0 Å². The first kappa shape index (κ1) is 17.2. The lowest BCUT2D eigenvalue weighted by Crippen LogP contribution is -2.59. The van der Waals surface area contributed by atoms with Gasteiger partial charge in [0.25, 0.3) is 0 Å². The normalized spacial score (nSPS) is 48.3. The second-order valence-electron chi connectivity index (χ2n) is 9.42. The maximum absolute atomic E-state index is 13.0. The monoisotopic (exact) mass is 320 g/mol. The van der Waals surface area contributed by atoms with Gasteiger partial charge in [0.05, 0.1) is 11.7 Å². The Labute approximate surface area is 140 Å². The van der Waals surface area contributed by atoms with E-state index in [4.69, 9.17) is 4.74 Å². The van der Waals surface area contributed by atoms with E-state index in [0.717, 1.165) is 25.7 Å². The van der Waals surface area contributed by atoms with Crippen molar-refractivity contribution >= 4 is 5.78 Å². The molecule has 0 aromatic heterocycles. The van der Waals surface area contributed by atoms with E-state index in [9.17, 15) is 9.90 Å². The summed E-state index contributed by atoms with van der Waals surface area (Å²) in [4.78, 5) is 13.0. The topological polar surface area (TPSA) is 46.5 Å². The fraction of sp³-hybridized carbons (Fsp3) is 0.850. The van der Waals surface area contributed by atoms with Crippen LogP contribution in [0.4, 0.5) is 0 Å². The molecule has 130 valence electrons. The molecule has 6 atom stereocenters. The Morgan fingerprint density at radius 2 is 1.91 bits per heavy atom. The minimum atomic E-state index is -1.04. The van der Waals surface area contributed by atoms with E-state index in [1.54, 1.807) is 13.0 Å². The number of ketones is 1. The highest BCUT2D eigenvalue weighted by molar-refractivity contribution is 5.86. The van der Waals surface area contributed by atoms with Gasteiger partial charge in [0.1, 0.15) is 11.4 Å². The summed E-state index contributed by atoms with van der Waals surface area (Å²) in [6.45, 7) is 14.5. The summed E-state index contributed by atoms with van der Waals surface area (Å²) >= 11 is 0. The fourth-order valence-electron chi connectivity index (χ4n) is 5.96. The third-order valence-corrected chi connectivity index (χ3v) is 7.58. The highest BCUT2D eigenvalue weighted by atomic mass is 16.5. The van der Waals surface area contributed by atoms with E-state index in [1.165, 1.54) is 0 Å². The highest BCUT2D eigenvalue weighted by Crippen LogP contribution is 2.64. The van der Waals surface area contributed by atoms with Gasteiger partial charge in [-0.05, 0) is 50.9 Å². The number of carbonyl (C=O) groups is 1. The van der Waals surface area contributed by atoms with Crippen LogP contribution in [0.2, 0.25) is 0 Å². The summed E-state index contributed by atoms with van der Waals surface area (Å²) < 4.78 is 6.37. The second kappa shape index (κ2) is 4.92. The van der Waals surface area contributed by atoms with Gasteiger partial charge in [-0.2, -0.15) is 0 Å². The number of rotatable bonds is 2. The third kappa shape index (κ3) is 2.26. The first-order chi connectivity index (χ1) is 10.5. The SMILES string of the molecule is C=C[C@](C)(O)[C@@H]1C[C@@H]2[C@@]3(C)C(=O)CCC(C)(C)[C@@H]3CC[C@@]2(C)O1. The van der Waals surface area contributed by atoms with Gasteiger partial charge < -0.3 is 9.84 Å². The Bertz CT molecular complexity index is 535. The van der Waals surface area contributed by atoms with Gasteiger partial charge in [-0.25, -0.2) is 0 Å². The number of hydrogen-bond donors (Lipinski definition) is 1. The Balaban J connectivity index is 2.01. The number of aliphatic hydroxyl groups is 1. The maximum Gasteiger partial charge on any atom is 0.139 e. The van der Waals surface area contributed by atoms with Crippen LogP contribution >= 0.6 is 0 Å². The molecule has 1 heterocycles. The number of fused-ring (bicyclic) bond motifs is 3. The van der Waals surface area contributed by atoms with E-state index < -0.39 is 5.60 Å².